The van der Waals surface area contributed by atoms with Crippen molar-refractivity contribution in [3.63, 3.8) is 0 Å². The molecule has 2 aromatic carbocycles. The molecule has 4 aromatic rings. The molecule has 53 heavy (non-hydrogen) atoms. The number of amides is 1. The highest BCUT2D eigenvalue weighted by Gasteiger charge is 2.41. The van der Waals surface area contributed by atoms with Crippen LogP contribution in [0.2, 0.25) is 0 Å². The minimum Gasteiger partial charge on any atom is -0.756 e. The van der Waals surface area contributed by atoms with Gasteiger partial charge in [-0.1, -0.05) is 12.2 Å². The van der Waals surface area contributed by atoms with Crippen LogP contribution in [0.5, 0.6) is 0 Å². The van der Waals surface area contributed by atoms with Crippen LogP contribution in [0.15, 0.2) is 64.3 Å². The van der Waals surface area contributed by atoms with Gasteiger partial charge in [-0.15, -0.1) is 0 Å². The molecule has 10 N–H and O–H groups in total. The summed E-state index contributed by atoms with van der Waals surface area (Å²) >= 11 is 0. The standard InChI is InChI=1S/C29H35N6O15P3/c30-20-7-5-17-11-18-6-8-21(31)13-23(18)34(22(17)12-20)10-2-4-26(37)32-9-1-3-19-15-35(29(39)33-28(19)38)27-14-24(36)25(48-27)16-47-52(43,44)50-53(45,46)49-51(40,41)42/h1,3,5-8,11-13,15,24-25,27,36H,2,4,9-10,14,16H2,(H9,30,31,32,33,37,38,39,40,41,42,43,44,45,46)/b3-1+/t24-,25+,27+/m0/s1. The molecule has 3 unspecified atom stereocenters. The number of pyridine rings is 1. The maximum absolute atomic E-state index is 12.7. The van der Waals surface area contributed by atoms with E-state index in [4.69, 9.17) is 21.1 Å². The normalized spacial score (nSPS) is 21.0. The lowest BCUT2D eigenvalue weighted by Gasteiger charge is -2.21. The molecular formula is C29H35N6O15P3. The van der Waals surface area contributed by atoms with Crippen LogP contribution < -0.4 is 37.5 Å². The Bertz CT molecular complexity index is 2270. The van der Waals surface area contributed by atoms with Gasteiger partial charge in [0.2, 0.25) is 16.9 Å². The van der Waals surface area contributed by atoms with Gasteiger partial charge in [-0.2, -0.15) is 8.88 Å². The molecule has 0 radical (unpaired) electrons. The van der Waals surface area contributed by atoms with Crippen molar-refractivity contribution >= 4 is 68.6 Å². The van der Waals surface area contributed by atoms with Gasteiger partial charge in [-0.05, 0) is 30.3 Å². The van der Waals surface area contributed by atoms with E-state index in [-0.39, 0.29) is 30.9 Å². The number of nitrogens with zero attached hydrogens (tertiary/aromatic N) is 2. The number of benzene rings is 2. The third kappa shape index (κ3) is 10.8. The third-order valence-electron chi connectivity index (χ3n) is 7.83. The molecule has 1 fully saturated rings. The lowest BCUT2D eigenvalue weighted by Crippen LogP contribution is -2.36. The number of aliphatic hydroxyl groups excluding tert-OH is 1. The lowest BCUT2D eigenvalue weighted by atomic mass is 10.1. The summed E-state index contributed by atoms with van der Waals surface area (Å²) in [6.45, 7) is -0.437. The second kappa shape index (κ2) is 16.1. The number of aromatic nitrogens is 3. The van der Waals surface area contributed by atoms with Crippen molar-refractivity contribution in [2.45, 2.75) is 44.2 Å². The number of nitrogens with one attached hydrogen (secondary N) is 2. The van der Waals surface area contributed by atoms with Crippen molar-refractivity contribution < 1.29 is 65.6 Å². The number of fused-ring (bicyclic) bond motifs is 2. The highest BCUT2D eigenvalue weighted by atomic mass is 31.3. The quantitative estimate of drug-likeness (QED) is 0.0346. The van der Waals surface area contributed by atoms with Crippen LogP contribution in [-0.4, -0.2) is 60.6 Å². The Morgan fingerprint density at radius 3 is 2.30 bits per heavy atom. The zero-order valence-electron chi connectivity index (χ0n) is 27.4. The minimum absolute atomic E-state index is 0.0269. The van der Waals surface area contributed by atoms with E-state index in [1.165, 1.54) is 12.2 Å². The number of nitrogens with two attached hydrogens (primary N) is 2. The van der Waals surface area contributed by atoms with Crippen molar-refractivity contribution in [1.29, 1.82) is 0 Å². The number of aryl methyl sites for hydroxylation is 1. The Morgan fingerprint density at radius 2 is 1.68 bits per heavy atom. The highest BCUT2D eigenvalue weighted by molar-refractivity contribution is 7.66. The van der Waals surface area contributed by atoms with Crippen LogP contribution in [0.25, 0.3) is 27.9 Å². The number of rotatable bonds is 15. The Kier molecular flexibility index (Phi) is 12.2. The van der Waals surface area contributed by atoms with Gasteiger partial charge in [-0.3, -0.25) is 28.2 Å². The van der Waals surface area contributed by atoms with Crippen molar-refractivity contribution in [2.75, 3.05) is 24.6 Å². The molecule has 0 bridgehead atoms. The molecule has 24 heteroatoms. The van der Waals surface area contributed by atoms with Crippen molar-refractivity contribution in [3.05, 3.63) is 81.1 Å². The molecule has 0 saturated carbocycles. The molecule has 286 valence electrons. The predicted octanol–water partition coefficient (Wildman–Crippen LogP) is 0.264. The molecule has 6 atom stereocenters. The monoisotopic (exact) mass is 800 g/mol. The Labute approximate surface area is 298 Å². The van der Waals surface area contributed by atoms with Gasteiger partial charge in [0, 0.05) is 66.3 Å². The molecule has 0 spiro atoms. The van der Waals surface area contributed by atoms with Gasteiger partial charge in [0.15, 0.2) is 0 Å². The fraction of sp³-hybridized carbons (Fsp3) is 0.310. The predicted molar refractivity (Wildman–Crippen MR) is 185 cm³/mol. The molecule has 0 aliphatic carbocycles. The van der Waals surface area contributed by atoms with E-state index in [9.17, 15) is 47.9 Å². The van der Waals surface area contributed by atoms with Gasteiger partial charge in [0.05, 0.1) is 18.3 Å². The number of nitrogen functional groups attached to an aromatic ring is 2. The second-order valence-corrected chi connectivity index (χ2v) is 16.2. The molecule has 1 aliphatic rings. The smallest absolute Gasteiger partial charge is 0.487 e. The number of aromatic amines is 1. The molecule has 2 aromatic heterocycles. The van der Waals surface area contributed by atoms with Gasteiger partial charge in [-0.25, -0.2) is 18.2 Å². The number of carbonyl (C=O) groups is 1. The summed E-state index contributed by atoms with van der Waals surface area (Å²) in [4.78, 5) is 77.8. The van der Waals surface area contributed by atoms with Crippen molar-refractivity contribution in [2.24, 2.45) is 0 Å². The zero-order chi connectivity index (χ0) is 38.7. The third-order valence-corrected chi connectivity index (χ3v) is 11.6. The number of H-pyrrole nitrogens is 1. The van der Waals surface area contributed by atoms with Crippen molar-refractivity contribution in [3.8, 4) is 0 Å². The fourth-order valence-corrected chi connectivity index (χ4v) is 8.55. The van der Waals surface area contributed by atoms with E-state index in [0.29, 0.717) is 24.3 Å². The van der Waals surface area contributed by atoms with Crippen LogP contribution in [0, 0.1) is 0 Å². The van der Waals surface area contributed by atoms with Crippen LogP contribution in [0.1, 0.15) is 31.1 Å². The van der Waals surface area contributed by atoms with Crippen LogP contribution >= 0.6 is 23.5 Å². The van der Waals surface area contributed by atoms with Crippen molar-refractivity contribution in [1.82, 2.24) is 14.9 Å². The Balaban J connectivity index is 1.15. The summed E-state index contributed by atoms with van der Waals surface area (Å²) in [6, 6.07) is 13.3. The van der Waals surface area contributed by atoms with E-state index < -0.39 is 59.8 Å². The summed E-state index contributed by atoms with van der Waals surface area (Å²) < 4.78 is 54.3. The van der Waals surface area contributed by atoms with Gasteiger partial charge in [0.1, 0.15) is 18.9 Å². The molecule has 5 rings (SSSR count). The number of hydrogen-bond acceptors (Lipinski definition) is 14. The van der Waals surface area contributed by atoms with E-state index in [1.807, 2.05) is 42.5 Å². The summed E-state index contributed by atoms with van der Waals surface area (Å²) in [7, 11) is -17.2. The zero-order valence-corrected chi connectivity index (χ0v) is 30.1. The lowest BCUT2D eigenvalue weighted by molar-refractivity contribution is -0.645. The first kappa shape index (κ1) is 40.1. The molecule has 21 nitrogen and oxygen atoms in total. The van der Waals surface area contributed by atoms with Crippen LogP contribution in [0.3, 0.4) is 0 Å². The number of phosphoric acid groups is 3. The van der Waals surface area contributed by atoms with E-state index in [1.54, 1.807) is 0 Å². The summed E-state index contributed by atoms with van der Waals surface area (Å²) in [5, 5.41) is 15.1. The highest BCUT2D eigenvalue weighted by Crippen LogP contribution is 2.65. The topological polar surface area (TPSA) is 332 Å². The fourth-order valence-electron chi connectivity index (χ4n) is 5.55. The summed E-state index contributed by atoms with van der Waals surface area (Å²) in [5.74, 6) is -0.259. The van der Waals surface area contributed by atoms with Gasteiger partial charge >= 0.3 is 21.3 Å². The number of phosphoric ester groups is 1. The number of aliphatic hydroxyl groups is 1. The average Bonchev–Trinajstić information content (AvgIpc) is 3.41. The maximum atomic E-state index is 12.7. The first-order chi connectivity index (χ1) is 24.8. The van der Waals surface area contributed by atoms with Gasteiger partial charge < -0.3 is 46.2 Å². The number of ether oxygens (including phenoxy) is 1. The Hall–Kier alpha value is -4.07. The molecule has 3 heterocycles. The molecule has 1 amide bonds. The van der Waals surface area contributed by atoms with Crippen LogP contribution in [0.4, 0.5) is 11.4 Å². The van der Waals surface area contributed by atoms with Gasteiger partial charge in [0.25, 0.3) is 13.4 Å². The maximum Gasteiger partial charge on any atom is 0.487 e. The number of carbonyl (C=O) groups excluding carboxylic acids is 1. The van der Waals surface area contributed by atoms with E-state index >= 15 is 0 Å². The Morgan fingerprint density at radius 1 is 1.04 bits per heavy atom. The number of hydrogen-bond donors (Lipinski definition) is 8. The largest absolute Gasteiger partial charge is 0.756 e. The van der Waals surface area contributed by atoms with E-state index in [0.717, 1.165) is 32.6 Å². The molecular weight excluding hydrogens is 765 g/mol. The van der Waals surface area contributed by atoms with Crippen LogP contribution in [-0.2, 0) is 42.9 Å². The average molecular weight is 801 g/mol. The van der Waals surface area contributed by atoms with E-state index in [2.05, 4.69) is 28.0 Å². The number of anilines is 2. The molecule has 1 aliphatic heterocycles. The first-order valence-electron chi connectivity index (χ1n) is 15.6. The first-order valence-corrected chi connectivity index (χ1v) is 20.1. The SMILES string of the molecule is Nc1ccc2cc3ccc(N)cc3[n+](CCCC(=O)NC/C=C/c3cn([C@H]4C[C@H](O)[C@@H](COP(=O)(O)OP(=O)(O)OP(=O)([O-])O)O4)c(=O)[nH]c3=O)c2c1. The second-order valence-electron chi connectivity index (χ2n) is 11.8. The molecule has 1 saturated heterocycles. The summed E-state index contributed by atoms with van der Waals surface area (Å²) in [6.07, 6.45) is 0.234. The minimum atomic E-state index is -5.85. The summed E-state index contributed by atoms with van der Waals surface area (Å²) in [5.41, 5.74) is 13.4.